The molecule has 4 nitrogen and oxygen atoms in total. The van der Waals surface area contributed by atoms with Gasteiger partial charge >= 0.3 is 5.97 Å². The summed E-state index contributed by atoms with van der Waals surface area (Å²) in [4.78, 5) is 10.6. The molecule has 0 aliphatic carbocycles. The molecule has 0 unspecified atom stereocenters. The zero-order chi connectivity index (χ0) is 13.1. The zero-order valence-corrected chi connectivity index (χ0v) is 10.6. The van der Waals surface area contributed by atoms with Gasteiger partial charge in [-0.1, -0.05) is 15.9 Å². The van der Waals surface area contributed by atoms with E-state index in [9.17, 15) is 9.18 Å². The van der Waals surface area contributed by atoms with E-state index in [1.807, 2.05) is 0 Å². The highest BCUT2D eigenvalue weighted by atomic mass is 79.9. The molecular formula is C12H8BrFO4. The lowest BCUT2D eigenvalue weighted by molar-refractivity contribution is 0.0658. The topological polar surface area (TPSA) is 59.7 Å². The standard InChI is InChI=1S/C12H8BrFO4/c13-7-1-3-9(14)11(5-7)17-6-8-2-4-10(18-8)12(15)16/h1-5H,6H2,(H,15,16). The Morgan fingerprint density at radius 1 is 1.39 bits per heavy atom. The third kappa shape index (κ3) is 2.89. The van der Waals surface area contributed by atoms with Crippen LogP contribution in [0.1, 0.15) is 16.3 Å². The summed E-state index contributed by atoms with van der Waals surface area (Å²) in [6.45, 7) is -0.0410. The molecule has 1 aromatic heterocycles. The molecule has 0 fully saturated rings. The van der Waals surface area contributed by atoms with Crippen molar-refractivity contribution < 1.29 is 23.4 Å². The molecule has 1 heterocycles. The maximum atomic E-state index is 13.3. The minimum Gasteiger partial charge on any atom is -0.483 e. The normalized spacial score (nSPS) is 10.3. The Hall–Kier alpha value is -1.82. The quantitative estimate of drug-likeness (QED) is 0.939. The average Bonchev–Trinajstić information content (AvgIpc) is 2.79. The predicted molar refractivity (Wildman–Crippen MR) is 64.1 cm³/mol. The van der Waals surface area contributed by atoms with E-state index >= 15 is 0 Å². The van der Waals surface area contributed by atoms with E-state index in [4.69, 9.17) is 14.3 Å². The molecular weight excluding hydrogens is 307 g/mol. The van der Waals surface area contributed by atoms with Crippen LogP contribution in [0, 0.1) is 5.82 Å². The summed E-state index contributed by atoms with van der Waals surface area (Å²) >= 11 is 3.20. The highest BCUT2D eigenvalue weighted by Gasteiger charge is 2.10. The van der Waals surface area contributed by atoms with Crippen LogP contribution in [0.5, 0.6) is 5.75 Å². The number of ether oxygens (including phenoxy) is 1. The van der Waals surface area contributed by atoms with Crippen molar-refractivity contribution in [1.82, 2.24) is 0 Å². The maximum absolute atomic E-state index is 13.3. The molecule has 1 aromatic carbocycles. The smallest absolute Gasteiger partial charge is 0.371 e. The minimum absolute atomic E-state index is 0.0410. The molecule has 2 rings (SSSR count). The van der Waals surface area contributed by atoms with Gasteiger partial charge in [0.05, 0.1) is 0 Å². The van der Waals surface area contributed by atoms with Crippen LogP contribution in [-0.4, -0.2) is 11.1 Å². The van der Waals surface area contributed by atoms with Crippen molar-refractivity contribution in [1.29, 1.82) is 0 Å². The lowest BCUT2D eigenvalue weighted by atomic mass is 10.3. The second kappa shape index (κ2) is 5.22. The third-order valence-electron chi connectivity index (χ3n) is 2.14. The number of carbonyl (C=O) groups is 1. The third-order valence-corrected chi connectivity index (χ3v) is 2.63. The van der Waals surface area contributed by atoms with Crippen molar-refractivity contribution >= 4 is 21.9 Å². The number of benzene rings is 1. The molecule has 0 saturated carbocycles. The SMILES string of the molecule is O=C(O)c1ccc(COc2cc(Br)ccc2F)o1. The van der Waals surface area contributed by atoms with Gasteiger partial charge in [0.25, 0.3) is 0 Å². The molecule has 0 bridgehead atoms. The van der Waals surface area contributed by atoms with Crippen molar-refractivity contribution in [2.24, 2.45) is 0 Å². The van der Waals surface area contributed by atoms with Crippen LogP contribution in [0.2, 0.25) is 0 Å². The van der Waals surface area contributed by atoms with E-state index in [-0.39, 0.29) is 18.1 Å². The lowest BCUT2D eigenvalue weighted by Gasteiger charge is -2.05. The first-order chi connectivity index (χ1) is 8.56. The number of hydrogen-bond donors (Lipinski definition) is 1. The Bertz CT molecular complexity index is 579. The molecule has 0 atom stereocenters. The Labute approximate surface area is 110 Å². The highest BCUT2D eigenvalue weighted by molar-refractivity contribution is 9.10. The summed E-state index contributed by atoms with van der Waals surface area (Å²) in [6.07, 6.45) is 0. The molecule has 0 aliphatic rings. The van der Waals surface area contributed by atoms with Crippen LogP contribution in [-0.2, 0) is 6.61 Å². The van der Waals surface area contributed by atoms with Gasteiger partial charge in [-0.25, -0.2) is 9.18 Å². The van der Waals surface area contributed by atoms with Crippen LogP contribution in [0.25, 0.3) is 0 Å². The molecule has 0 saturated heterocycles. The minimum atomic E-state index is -1.16. The highest BCUT2D eigenvalue weighted by Crippen LogP contribution is 2.23. The van der Waals surface area contributed by atoms with E-state index < -0.39 is 11.8 Å². The van der Waals surface area contributed by atoms with Gasteiger partial charge in [-0.3, -0.25) is 0 Å². The number of aromatic carboxylic acids is 1. The van der Waals surface area contributed by atoms with Gasteiger partial charge in [0.15, 0.2) is 11.6 Å². The monoisotopic (exact) mass is 314 g/mol. The fourth-order valence-electron chi connectivity index (χ4n) is 1.31. The molecule has 0 amide bonds. The summed E-state index contributed by atoms with van der Waals surface area (Å²) in [6, 6.07) is 7.09. The molecule has 1 N–H and O–H groups in total. The Morgan fingerprint density at radius 2 is 2.17 bits per heavy atom. The van der Waals surface area contributed by atoms with Gasteiger partial charge < -0.3 is 14.3 Å². The first-order valence-electron chi connectivity index (χ1n) is 4.96. The summed E-state index contributed by atoms with van der Waals surface area (Å²) in [5.74, 6) is -1.45. The number of furan rings is 1. The predicted octanol–water partition coefficient (Wildman–Crippen LogP) is 3.46. The van der Waals surface area contributed by atoms with E-state index in [1.165, 1.54) is 24.3 Å². The Balaban J connectivity index is 2.06. The van der Waals surface area contributed by atoms with E-state index in [1.54, 1.807) is 6.07 Å². The Morgan fingerprint density at radius 3 is 2.83 bits per heavy atom. The largest absolute Gasteiger partial charge is 0.483 e. The molecule has 18 heavy (non-hydrogen) atoms. The fourth-order valence-corrected chi connectivity index (χ4v) is 1.65. The Kier molecular flexibility index (Phi) is 3.66. The van der Waals surface area contributed by atoms with Crippen molar-refractivity contribution in [2.75, 3.05) is 0 Å². The summed E-state index contributed by atoms with van der Waals surface area (Å²) in [5, 5.41) is 8.66. The van der Waals surface area contributed by atoms with Crippen LogP contribution < -0.4 is 4.74 Å². The van der Waals surface area contributed by atoms with Gasteiger partial charge in [0.1, 0.15) is 12.4 Å². The molecule has 0 aliphatic heterocycles. The fraction of sp³-hybridized carbons (Fsp3) is 0.0833. The number of halogens is 2. The first-order valence-corrected chi connectivity index (χ1v) is 5.75. The average molecular weight is 315 g/mol. The number of hydrogen-bond acceptors (Lipinski definition) is 3. The molecule has 0 radical (unpaired) electrons. The van der Waals surface area contributed by atoms with Crippen molar-refractivity contribution in [3.05, 3.63) is 52.1 Å². The van der Waals surface area contributed by atoms with Gasteiger partial charge in [-0.15, -0.1) is 0 Å². The first kappa shape index (κ1) is 12.6. The number of carboxylic acids is 1. The van der Waals surface area contributed by atoms with E-state index in [0.29, 0.717) is 10.2 Å². The molecule has 0 spiro atoms. The second-order valence-electron chi connectivity index (χ2n) is 3.43. The van der Waals surface area contributed by atoms with Crippen LogP contribution in [0.15, 0.2) is 39.2 Å². The van der Waals surface area contributed by atoms with E-state index in [0.717, 1.165) is 0 Å². The summed E-state index contributed by atoms with van der Waals surface area (Å²) in [7, 11) is 0. The van der Waals surface area contributed by atoms with Crippen LogP contribution >= 0.6 is 15.9 Å². The second-order valence-corrected chi connectivity index (χ2v) is 4.35. The van der Waals surface area contributed by atoms with Crippen molar-refractivity contribution in [3.63, 3.8) is 0 Å². The van der Waals surface area contributed by atoms with Crippen LogP contribution in [0.4, 0.5) is 4.39 Å². The molecule has 2 aromatic rings. The van der Waals surface area contributed by atoms with Crippen molar-refractivity contribution in [2.45, 2.75) is 6.61 Å². The summed E-state index contributed by atoms with van der Waals surface area (Å²) < 4.78 is 24.2. The van der Waals surface area contributed by atoms with Crippen LogP contribution in [0.3, 0.4) is 0 Å². The van der Waals surface area contributed by atoms with Crippen molar-refractivity contribution in [3.8, 4) is 5.75 Å². The van der Waals surface area contributed by atoms with Gasteiger partial charge in [0, 0.05) is 4.47 Å². The zero-order valence-electron chi connectivity index (χ0n) is 9.02. The van der Waals surface area contributed by atoms with Gasteiger partial charge in [-0.05, 0) is 30.3 Å². The van der Waals surface area contributed by atoms with E-state index in [2.05, 4.69) is 15.9 Å². The number of rotatable bonds is 4. The van der Waals surface area contributed by atoms with Gasteiger partial charge in [-0.2, -0.15) is 0 Å². The summed E-state index contributed by atoms with van der Waals surface area (Å²) in [5.41, 5.74) is 0. The lowest BCUT2D eigenvalue weighted by Crippen LogP contribution is -1.97. The molecule has 6 heteroatoms. The van der Waals surface area contributed by atoms with Gasteiger partial charge in [0.2, 0.25) is 5.76 Å². The maximum Gasteiger partial charge on any atom is 0.371 e. The number of carboxylic acid groups (broad SMARTS) is 1. The molecule has 94 valence electrons.